The second-order valence-electron chi connectivity index (χ2n) is 4.49. The van der Waals surface area contributed by atoms with Gasteiger partial charge in [0.1, 0.15) is 6.10 Å². The summed E-state index contributed by atoms with van der Waals surface area (Å²) in [4.78, 5) is 4.29. The van der Waals surface area contributed by atoms with E-state index in [0.717, 1.165) is 16.5 Å². The minimum Gasteiger partial charge on any atom is -0.384 e. The van der Waals surface area contributed by atoms with Gasteiger partial charge < -0.3 is 5.11 Å². The molecule has 1 N–H and O–H groups in total. The van der Waals surface area contributed by atoms with Crippen LogP contribution >= 0.6 is 23.2 Å². The monoisotopic (exact) mass is 303 g/mol. The van der Waals surface area contributed by atoms with Crippen molar-refractivity contribution in [3.63, 3.8) is 0 Å². The number of benzene rings is 2. The smallest absolute Gasteiger partial charge is 0.106 e. The second kappa shape index (κ2) is 5.41. The standard InChI is InChI=1S/C16H11Cl2NO/c17-10-6-7-13(14(18)9-10)16(20)12-3-1-5-15-11(12)4-2-8-19-15/h1-9,16,20H. The van der Waals surface area contributed by atoms with E-state index in [-0.39, 0.29) is 0 Å². The van der Waals surface area contributed by atoms with Crippen LogP contribution in [0, 0.1) is 0 Å². The first kappa shape index (κ1) is 13.4. The fourth-order valence-electron chi connectivity index (χ4n) is 2.26. The SMILES string of the molecule is OC(c1ccc(Cl)cc1Cl)c1cccc2ncccc12. The maximum atomic E-state index is 10.6. The number of aliphatic hydroxyl groups is 1. The highest BCUT2D eigenvalue weighted by Gasteiger charge is 2.16. The van der Waals surface area contributed by atoms with E-state index in [1.54, 1.807) is 24.4 Å². The van der Waals surface area contributed by atoms with Gasteiger partial charge in [0.25, 0.3) is 0 Å². The lowest BCUT2D eigenvalue weighted by atomic mass is 9.97. The average Bonchev–Trinajstić information content (AvgIpc) is 2.46. The van der Waals surface area contributed by atoms with E-state index < -0.39 is 6.10 Å². The molecule has 0 bridgehead atoms. The zero-order valence-electron chi connectivity index (χ0n) is 10.4. The third kappa shape index (κ3) is 2.38. The molecule has 0 aliphatic rings. The van der Waals surface area contributed by atoms with Crippen molar-refractivity contribution in [2.75, 3.05) is 0 Å². The fourth-order valence-corrected chi connectivity index (χ4v) is 2.77. The van der Waals surface area contributed by atoms with Crippen LogP contribution in [0.4, 0.5) is 0 Å². The molecule has 0 aliphatic carbocycles. The zero-order valence-corrected chi connectivity index (χ0v) is 11.9. The molecule has 3 aromatic rings. The Morgan fingerprint density at radius 3 is 2.60 bits per heavy atom. The van der Waals surface area contributed by atoms with Gasteiger partial charge in [-0.05, 0) is 29.8 Å². The van der Waals surface area contributed by atoms with E-state index in [9.17, 15) is 5.11 Å². The molecule has 20 heavy (non-hydrogen) atoms. The van der Waals surface area contributed by atoms with Gasteiger partial charge in [0.2, 0.25) is 0 Å². The average molecular weight is 304 g/mol. The van der Waals surface area contributed by atoms with Crippen LogP contribution in [0.15, 0.2) is 54.7 Å². The lowest BCUT2D eigenvalue weighted by molar-refractivity contribution is 0.222. The van der Waals surface area contributed by atoms with Crippen LogP contribution in [-0.2, 0) is 0 Å². The molecule has 0 spiro atoms. The first-order valence-corrected chi connectivity index (χ1v) is 6.89. The van der Waals surface area contributed by atoms with Gasteiger partial charge in [-0.3, -0.25) is 4.98 Å². The second-order valence-corrected chi connectivity index (χ2v) is 5.33. The van der Waals surface area contributed by atoms with Gasteiger partial charge in [0, 0.05) is 27.2 Å². The molecule has 2 nitrogen and oxygen atoms in total. The minimum absolute atomic E-state index is 0.450. The van der Waals surface area contributed by atoms with Crippen LogP contribution < -0.4 is 0 Å². The molecule has 1 aromatic heterocycles. The summed E-state index contributed by atoms with van der Waals surface area (Å²) in [6, 6.07) is 14.5. The molecule has 1 atom stereocenters. The first-order chi connectivity index (χ1) is 9.66. The zero-order chi connectivity index (χ0) is 14.1. The van der Waals surface area contributed by atoms with E-state index in [2.05, 4.69) is 4.98 Å². The minimum atomic E-state index is -0.812. The molecule has 1 unspecified atom stereocenters. The molecule has 0 aliphatic heterocycles. The van der Waals surface area contributed by atoms with Gasteiger partial charge in [0.05, 0.1) is 5.52 Å². The van der Waals surface area contributed by atoms with Crippen LogP contribution in [0.3, 0.4) is 0 Å². The summed E-state index contributed by atoms with van der Waals surface area (Å²) in [6.07, 6.45) is 0.918. The largest absolute Gasteiger partial charge is 0.384 e. The van der Waals surface area contributed by atoms with Crippen molar-refractivity contribution in [1.29, 1.82) is 0 Å². The maximum absolute atomic E-state index is 10.6. The highest BCUT2D eigenvalue weighted by Crippen LogP contribution is 2.33. The van der Waals surface area contributed by atoms with E-state index >= 15 is 0 Å². The predicted octanol–water partition coefficient (Wildman–Crippen LogP) is 4.62. The number of hydrogen-bond acceptors (Lipinski definition) is 2. The summed E-state index contributed by atoms with van der Waals surface area (Å²) >= 11 is 12.1. The molecule has 1 heterocycles. The number of halogens is 2. The molecule has 4 heteroatoms. The van der Waals surface area contributed by atoms with Crippen LogP contribution in [-0.4, -0.2) is 10.1 Å². The quantitative estimate of drug-likeness (QED) is 0.749. The molecular weight excluding hydrogens is 293 g/mol. The first-order valence-electron chi connectivity index (χ1n) is 6.13. The third-order valence-corrected chi connectivity index (χ3v) is 3.79. The van der Waals surface area contributed by atoms with Crippen molar-refractivity contribution in [3.05, 3.63) is 75.9 Å². The topological polar surface area (TPSA) is 33.1 Å². The number of nitrogens with zero attached hydrogens (tertiary/aromatic N) is 1. The fraction of sp³-hybridized carbons (Fsp3) is 0.0625. The van der Waals surface area contributed by atoms with Crippen molar-refractivity contribution in [2.24, 2.45) is 0 Å². The van der Waals surface area contributed by atoms with E-state index in [4.69, 9.17) is 23.2 Å². The van der Waals surface area contributed by atoms with E-state index in [0.29, 0.717) is 15.6 Å². The van der Waals surface area contributed by atoms with Gasteiger partial charge in [0.15, 0.2) is 0 Å². The molecule has 0 radical (unpaired) electrons. The molecule has 0 amide bonds. The highest BCUT2D eigenvalue weighted by atomic mass is 35.5. The summed E-state index contributed by atoms with van der Waals surface area (Å²) in [5, 5.41) is 12.5. The maximum Gasteiger partial charge on any atom is 0.106 e. The van der Waals surface area contributed by atoms with Crippen molar-refractivity contribution in [1.82, 2.24) is 4.98 Å². The number of pyridine rings is 1. The van der Waals surface area contributed by atoms with E-state index in [1.807, 2.05) is 30.3 Å². The molecule has 2 aromatic carbocycles. The molecule has 0 saturated carbocycles. The van der Waals surface area contributed by atoms with Crippen LogP contribution in [0.5, 0.6) is 0 Å². The number of rotatable bonds is 2. The van der Waals surface area contributed by atoms with Crippen LogP contribution in [0.1, 0.15) is 17.2 Å². The Bertz CT molecular complexity index is 768. The Kier molecular flexibility index (Phi) is 3.62. The van der Waals surface area contributed by atoms with Gasteiger partial charge in [-0.15, -0.1) is 0 Å². The Hall–Kier alpha value is -1.61. The number of aromatic nitrogens is 1. The van der Waals surface area contributed by atoms with Crippen molar-refractivity contribution >= 4 is 34.1 Å². The molecule has 3 rings (SSSR count). The Labute approximate surface area is 126 Å². The highest BCUT2D eigenvalue weighted by molar-refractivity contribution is 6.35. The van der Waals surface area contributed by atoms with E-state index in [1.165, 1.54) is 0 Å². The molecule has 0 saturated heterocycles. The van der Waals surface area contributed by atoms with Crippen molar-refractivity contribution in [3.8, 4) is 0 Å². The molecule has 100 valence electrons. The summed E-state index contributed by atoms with van der Waals surface area (Å²) in [5.41, 5.74) is 2.25. The normalized spacial score (nSPS) is 12.6. The summed E-state index contributed by atoms with van der Waals surface area (Å²) in [5.74, 6) is 0. The number of hydrogen-bond donors (Lipinski definition) is 1. The number of fused-ring (bicyclic) bond motifs is 1. The van der Waals surface area contributed by atoms with Gasteiger partial charge >= 0.3 is 0 Å². The van der Waals surface area contributed by atoms with Crippen LogP contribution in [0.2, 0.25) is 10.0 Å². The number of aliphatic hydroxyl groups excluding tert-OH is 1. The van der Waals surface area contributed by atoms with Crippen molar-refractivity contribution in [2.45, 2.75) is 6.10 Å². The van der Waals surface area contributed by atoms with Gasteiger partial charge in [-0.1, -0.05) is 47.5 Å². The molecule has 0 fully saturated rings. The van der Waals surface area contributed by atoms with Crippen LogP contribution in [0.25, 0.3) is 10.9 Å². The Morgan fingerprint density at radius 1 is 0.950 bits per heavy atom. The van der Waals surface area contributed by atoms with Gasteiger partial charge in [-0.2, -0.15) is 0 Å². The predicted molar refractivity (Wildman–Crippen MR) is 82.3 cm³/mol. The lowest BCUT2D eigenvalue weighted by Gasteiger charge is -2.15. The Morgan fingerprint density at radius 2 is 1.80 bits per heavy atom. The molecular formula is C16H11Cl2NO. The van der Waals surface area contributed by atoms with Gasteiger partial charge in [-0.25, -0.2) is 0 Å². The van der Waals surface area contributed by atoms with Crippen molar-refractivity contribution < 1.29 is 5.11 Å². The summed E-state index contributed by atoms with van der Waals surface area (Å²) in [7, 11) is 0. The lowest BCUT2D eigenvalue weighted by Crippen LogP contribution is -2.01. The third-order valence-electron chi connectivity index (χ3n) is 3.23. The summed E-state index contributed by atoms with van der Waals surface area (Å²) in [6.45, 7) is 0. The Balaban J connectivity index is 2.15. The summed E-state index contributed by atoms with van der Waals surface area (Å²) < 4.78 is 0.